The van der Waals surface area contributed by atoms with Crippen molar-refractivity contribution in [1.29, 1.82) is 0 Å². The van der Waals surface area contributed by atoms with Gasteiger partial charge in [0.05, 0.1) is 18.1 Å². The van der Waals surface area contributed by atoms with Gasteiger partial charge in [0.2, 0.25) is 0 Å². The van der Waals surface area contributed by atoms with Crippen LogP contribution < -0.4 is 10.1 Å². The number of hydrogen-bond donors (Lipinski definition) is 1. The largest absolute Gasteiger partial charge is 0.484 e. The van der Waals surface area contributed by atoms with E-state index in [0.29, 0.717) is 5.75 Å². The Hall–Kier alpha value is -3.56. The second kappa shape index (κ2) is 7.99. The van der Waals surface area contributed by atoms with Gasteiger partial charge in [-0.25, -0.2) is 14.4 Å². The smallest absolute Gasteiger partial charge is 0.435 e. The van der Waals surface area contributed by atoms with E-state index in [4.69, 9.17) is 4.74 Å². The summed E-state index contributed by atoms with van der Waals surface area (Å²) in [5.41, 5.74) is -2.03. The third kappa shape index (κ3) is 4.78. The molecular formula is C18H12F4N4O2. The normalized spacial score (nSPS) is 11.1. The highest BCUT2D eigenvalue weighted by Crippen LogP contribution is 2.34. The first-order valence-corrected chi connectivity index (χ1v) is 7.86. The highest BCUT2D eigenvalue weighted by atomic mass is 19.4. The van der Waals surface area contributed by atoms with Crippen LogP contribution in [0.5, 0.6) is 5.75 Å². The fourth-order valence-corrected chi connectivity index (χ4v) is 2.21. The molecule has 0 unspecified atom stereocenters. The maximum atomic E-state index is 13.4. The Balaban J connectivity index is 1.81. The number of carbonyl (C=O) groups is 1. The summed E-state index contributed by atoms with van der Waals surface area (Å²) in [5, 5.41) is 2.08. The summed E-state index contributed by atoms with van der Waals surface area (Å²) in [6, 6.07) is 9.26. The molecule has 3 aromatic rings. The molecule has 0 fully saturated rings. The third-order valence-electron chi connectivity index (χ3n) is 3.41. The molecule has 0 atom stereocenters. The lowest BCUT2D eigenvalue weighted by molar-refractivity contribution is -0.140. The van der Waals surface area contributed by atoms with Gasteiger partial charge in [0.25, 0.3) is 5.91 Å². The van der Waals surface area contributed by atoms with Crippen molar-refractivity contribution in [2.24, 2.45) is 0 Å². The van der Waals surface area contributed by atoms with Crippen molar-refractivity contribution in [2.75, 3.05) is 11.9 Å². The van der Waals surface area contributed by atoms with Crippen molar-refractivity contribution in [2.45, 2.75) is 6.18 Å². The molecule has 1 aromatic carbocycles. The van der Waals surface area contributed by atoms with Gasteiger partial charge in [0.1, 0.15) is 11.6 Å². The summed E-state index contributed by atoms with van der Waals surface area (Å²) < 4.78 is 58.5. The lowest BCUT2D eigenvalue weighted by atomic mass is 10.2. The van der Waals surface area contributed by atoms with E-state index >= 15 is 0 Å². The number of anilines is 1. The van der Waals surface area contributed by atoms with E-state index in [0.717, 1.165) is 24.7 Å². The molecule has 0 aliphatic heterocycles. The van der Waals surface area contributed by atoms with E-state index in [1.165, 1.54) is 0 Å². The van der Waals surface area contributed by atoms with Crippen LogP contribution in [0.1, 0.15) is 5.69 Å². The molecule has 1 amide bonds. The van der Waals surface area contributed by atoms with Crippen LogP contribution in [0.3, 0.4) is 0 Å². The van der Waals surface area contributed by atoms with Gasteiger partial charge < -0.3 is 10.1 Å². The van der Waals surface area contributed by atoms with Gasteiger partial charge in [0, 0.05) is 11.8 Å². The van der Waals surface area contributed by atoms with E-state index in [1.54, 1.807) is 30.3 Å². The summed E-state index contributed by atoms with van der Waals surface area (Å²) in [6.45, 7) is -0.503. The minimum Gasteiger partial charge on any atom is -0.484 e. The molecule has 0 bridgehead atoms. The van der Waals surface area contributed by atoms with E-state index in [2.05, 4.69) is 20.3 Å². The topological polar surface area (TPSA) is 77.0 Å². The Kier molecular flexibility index (Phi) is 5.48. The number of amides is 1. The van der Waals surface area contributed by atoms with Crippen molar-refractivity contribution < 1.29 is 27.1 Å². The Morgan fingerprint density at radius 2 is 1.86 bits per heavy atom. The molecule has 10 heteroatoms. The minimum absolute atomic E-state index is 0.0317. The van der Waals surface area contributed by atoms with Gasteiger partial charge >= 0.3 is 6.18 Å². The lowest BCUT2D eigenvalue weighted by Crippen LogP contribution is -2.23. The highest BCUT2D eigenvalue weighted by Gasteiger charge is 2.37. The van der Waals surface area contributed by atoms with Crippen molar-refractivity contribution in [3.63, 3.8) is 0 Å². The standard InChI is InChI=1S/C18H12F4N4O2/c19-12-6-11(7-23-8-12)17-24-9-14(16(26-17)18(20,21)22)25-15(27)10-28-13-4-2-1-3-5-13/h1-9H,10H2,(H,25,27). The molecule has 144 valence electrons. The monoisotopic (exact) mass is 392 g/mol. The van der Waals surface area contributed by atoms with Gasteiger partial charge in [-0.2, -0.15) is 13.2 Å². The predicted octanol–water partition coefficient (Wildman–Crippen LogP) is 3.71. The van der Waals surface area contributed by atoms with Crippen LogP contribution in [0, 0.1) is 5.82 Å². The number of nitrogens with zero attached hydrogens (tertiary/aromatic N) is 3. The summed E-state index contributed by atoms with van der Waals surface area (Å²) >= 11 is 0. The van der Waals surface area contributed by atoms with Gasteiger partial charge in [-0.1, -0.05) is 18.2 Å². The Morgan fingerprint density at radius 1 is 1.11 bits per heavy atom. The summed E-state index contributed by atoms with van der Waals surface area (Å²) in [5.74, 6) is -1.56. The molecular weight excluding hydrogens is 380 g/mol. The van der Waals surface area contributed by atoms with E-state index in [9.17, 15) is 22.4 Å². The van der Waals surface area contributed by atoms with Gasteiger partial charge in [-0.05, 0) is 18.2 Å². The van der Waals surface area contributed by atoms with Crippen LogP contribution in [0.25, 0.3) is 11.4 Å². The molecule has 2 heterocycles. The molecule has 6 nitrogen and oxygen atoms in total. The average Bonchev–Trinajstić information content (AvgIpc) is 2.67. The van der Waals surface area contributed by atoms with Crippen molar-refractivity contribution in [3.8, 4) is 17.1 Å². The number of nitrogens with one attached hydrogen (secondary N) is 1. The Labute approximate surface area is 156 Å². The Bertz CT molecular complexity index is 981. The number of hydrogen-bond acceptors (Lipinski definition) is 5. The maximum absolute atomic E-state index is 13.4. The number of benzene rings is 1. The number of carbonyl (C=O) groups excluding carboxylic acids is 1. The first-order valence-electron chi connectivity index (χ1n) is 7.86. The van der Waals surface area contributed by atoms with Crippen molar-refractivity contribution in [1.82, 2.24) is 15.0 Å². The SMILES string of the molecule is O=C(COc1ccccc1)Nc1cnc(-c2cncc(F)c2)nc1C(F)(F)F. The zero-order valence-corrected chi connectivity index (χ0v) is 14.1. The molecule has 0 saturated carbocycles. The highest BCUT2D eigenvalue weighted by molar-refractivity contribution is 5.92. The molecule has 0 spiro atoms. The average molecular weight is 392 g/mol. The zero-order valence-electron chi connectivity index (χ0n) is 14.1. The molecule has 28 heavy (non-hydrogen) atoms. The quantitative estimate of drug-likeness (QED) is 0.670. The number of halogens is 4. The van der Waals surface area contributed by atoms with Crippen molar-refractivity contribution >= 4 is 11.6 Å². The summed E-state index contributed by atoms with van der Waals surface area (Å²) in [7, 11) is 0. The molecule has 0 aliphatic carbocycles. The van der Waals surface area contributed by atoms with E-state index < -0.39 is 35.9 Å². The van der Waals surface area contributed by atoms with Gasteiger partial charge in [-0.15, -0.1) is 0 Å². The molecule has 0 radical (unpaired) electrons. The summed E-state index contributed by atoms with van der Waals surface area (Å²) in [4.78, 5) is 22.7. The predicted molar refractivity (Wildman–Crippen MR) is 90.8 cm³/mol. The van der Waals surface area contributed by atoms with Crippen LogP contribution in [-0.2, 0) is 11.0 Å². The fourth-order valence-electron chi connectivity index (χ4n) is 2.21. The van der Waals surface area contributed by atoms with Crippen LogP contribution in [0.4, 0.5) is 23.2 Å². The maximum Gasteiger partial charge on any atom is 0.435 e. The number of aromatic nitrogens is 3. The van der Waals surface area contributed by atoms with Crippen molar-refractivity contribution in [3.05, 3.63) is 66.5 Å². The van der Waals surface area contributed by atoms with Gasteiger partial charge in [-0.3, -0.25) is 9.78 Å². The fraction of sp³-hybridized carbons (Fsp3) is 0.111. The van der Waals surface area contributed by atoms with E-state index in [1.807, 2.05) is 0 Å². The number of para-hydroxylation sites is 1. The lowest BCUT2D eigenvalue weighted by Gasteiger charge is -2.14. The number of pyridine rings is 1. The minimum atomic E-state index is -4.87. The van der Waals surface area contributed by atoms with Crippen LogP contribution in [-0.4, -0.2) is 27.5 Å². The van der Waals surface area contributed by atoms with Crippen LogP contribution >= 0.6 is 0 Å². The summed E-state index contributed by atoms with van der Waals surface area (Å²) in [6.07, 6.45) is -2.04. The number of alkyl halides is 3. The molecule has 2 aromatic heterocycles. The molecule has 0 saturated heterocycles. The number of rotatable bonds is 5. The molecule has 3 rings (SSSR count). The van der Waals surface area contributed by atoms with Crippen LogP contribution in [0.2, 0.25) is 0 Å². The zero-order chi connectivity index (χ0) is 20.1. The second-order valence-electron chi connectivity index (χ2n) is 5.50. The third-order valence-corrected chi connectivity index (χ3v) is 3.41. The second-order valence-corrected chi connectivity index (χ2v) is 5.50. The Morgan fingerprint density at radius 3 is 2.54 bits per heavy atom. The molecule has 0 aliphatic rings. The number of ether oxygens (including phenoxy) is 1. The first-order chi connectivity index (χ1) is 13.3. The van der Waals surface area contributed by atoms with E-state index in [-0.39, 0.29) is 11.4 Å². The van der Waals surface area contributed by atoms with Crippen LogP contribution in [0.15, 0.2) is 55.0 Å². The van der Waals surface area contributed by atoms with Gasteiger partial charge in [0.15, 0.2) is 18.1 Å². The first kappa shape index (κ1) is 19.2. The molecule has 1 N–H and O–H groups in total.